The van der Waals surface area contributed by atoms with Crippen molar-refractivity contribution >= 4 is 11.4 Å². The van der Waals surface area contributed by atoms with E-state index < -0.39 is 16.7 Å². The van der Waals surface area contributed by atoms with Crippen molar-refractivity contribution in [3.8, 4) is 11.1 Å². The zero-order valence-electron chi connectivity index (χ0n) is 10.0. The number of alkyl halides is 3. The fourth-order valence-corrected chi connectivity index (χ4v) is 1.73. The predicted octanol–water partition coefficient (Wildman–Crippen LogP) is 3.86. The highest BCUT2D eigenvalue weighted by Crippen LogP contribution is 2.32. The monoisotopic (exact) mass is 282 g/mol. The molecule has 0 aliphatic carbocycles. The summed E-state index contributed by atoms with van der Waals surface area (Å²) in [6.07, 6.45) is -4.41. The van der Waals surface area contributed by atoms with E-state index in [2.05, 4.69) is 0 Å². The number of nitro groups is 1. The van der Waals surface area contributed by atoms with Crippen molar-refractivity contribution in [2.75, 3.05) is 5.73 Å². The van der Waals surface area contributed by atoms with E-state index >= 15 is 0 Å². The topological polar surface area (TPSA) is 69.2 Å². The van der Waals surface area contributed by atoms with Crippen LogP contribution in [0.2, 0.25) is 0 Å². The van der Waals surface area contributed by atoms with Crippen LogP contribution in [-0.4, -0.2) is 4.92 Å². The Balaban J connectivity index is 2.42. The molecule has 0 fully saturated rings. The summed E-state index contributed by atoms with van der Waals surface area (Å²) >= 11 is 0. The van der Waals surface area contributed by atoms with Crippen LogP contribution in [0.25, 0.3) is 11.1 Å². The van der Waals surface area contributed by atoms with Crippen LogP contribution in [0.3, 0.4) is 0 Å². The maximum Gasteiger partial charge on any atom is 0.416 e. The van der Waals surface area contributed by atoms with Crippen LogP contribution in [-0.2, 0) is 6.18 Å². The van der Waals surface area contributed by atoms with Gasteiger partial charge >= 0.3 is 6.18 Å². The SMILES string of the molecule is Nc1ccc(-c2ccc(C(F)(F)F)cc2)cc1[N+](=O)[O-]. The summed E-state index contributed by atoms with van der Waals surface area (Å²) in [5.41, 5.74) is 5.29. The van der Waals surface area contributed by atoms with E-state index in [1.165, 1.54) is 30.3 Å². The quantitative estimate of drug-likeness (QED) is 0.516. The van der Waals surface area contributed by atoms with Crippen LogP contribution in [0.4, 0.5) is 24.5 Å². The third-order valence-corrected chi connectivity index (χ3v) is 2.77. The molecule has 0 aromatic heterocycles. The van der Waals surface area contributed by atoms with Crippen molar-refractivity contribution < 1.29 is 18.1 Å². The molecule has 2 aromatic rings. The smallest absolute Gasteiger partial charge is 0.393 e. The fourth-order valence-electron chi connectivity index (χ4n) is 1.73. The largest absolute Gasteiger partial charge is 0.416 e. The standard InChI is InChI=1S/C13H9F3N2O2/c14-13(15,16)10-4-1-8(2-5-10)9-3-6-11(17)12(7-9)18(19)20/h1-7H,17H2. The van der Waals surface area contributed by atoms with E-state index in [9.17, 15) is 23.3 Å². The number of hydrogen-bond acceptors (Lipinski definition) is 3. The molecule has 2 rings (SSSR count). The van der Waals surface area contributed by atoms with Crippen LogP contribution < -0.4 is 5.73 Å². The van der Waals surface area contributed by atoms with Crippen LogP contribution in [0.1, 0.15) is 5.56 Å². The number of nitrogens with zero attached hydrogens (tertiary/aromatic N) is 1. The molecule has 2 aromatic carbocycles. The van der Waals surface area contributed by atoms with E-state index in [0.717, 1.165) is 12.1 Å². The normalized spacial score (nSPS) is 11.3. The zero-order chi connectivity index (χ0) is 14.9. The molecule has 104 valence electrons. The molecule has 0 radical (unpaired) electrons. The Labute approximate surface area is 111 Å². The number of nitro benzene ring substituents is 1. The highest BCUT2D eigenvalue weighted by Gasteiger charge is 2.30. The molecule has 0 heterocycles. The van der Waals surface area contributed by atoms with Gasteiger partial charge in [0.2, 0.25) is 0 Å². The summed E-state index contributed by atoms with van der Waals surface area (Å²) in [5, 5.41) is 10.8. The Morgan fingerprint density at radius 1 is 1.00 bits per heavy atom. The van der Waals surface area contributed by atoms with Crippen molar-refractivity contribution in [2.24, 2.45) is 0 Å². The van der Waals surface area contributed by atoms with Gasteiger partial charge in [-0.3, -0.25) is 10.1 Å². The molecule has 0 aliphatic rings. The lowest BCUT2D eigenvalue weighted by Gasteiger charge is -2.08. The summed E-state index contributed by atoms with van der Waals surface area (Å²) in [7, 11) is 0. The Morgan fingerprint density at radius 2 is 1.55 bits per heavy atom. The maximum absolute atomic E-state index is 12.4. The van der Waals surface area contributed by atoms with E-state index in [0.29, 0.717) is 11.1 Å². The molecular formula is C13H9F3N2O2. The van der Waals surface area contributed by atoms with E-state index in [4.69, 9.17) is 5.73 Å². The first-order valence-electron chi connectivity index (χ1n) is 5.50. The molecule has 0 amide bonds. The number of hydrogen-bond donors (Lipinski definition) is 1. The van der Waals surface area contributed by atoms with Gasteiger partial charge in [0.1, 0.15) is 5.69 Å². The van der Waals surface area contributed by atoms with Gasteiger partial charge in [0.25, 0.3) is 5.69 Å². The van der Waals surface area contributed by atoms with Crippen LogP contribution >= 0.6 is 0 Å². The lowest BCUT2D eigenvalue weighted by Crippen LogP contribution is -2.04. The fraction of sp³-hybridized carbons (Fsp3) is 0.0769. The first kappa shape index (κ1) is 13.9. The molecule has 0 unspecified atom stereocenters. The lowest BCUT2D eigenvalue weighted by molar-refractivity contribution is -0.383. The summed E-state index contributed by atoms with van der Waals surface area (Å²) in [5.74, 6) is 0. The van der Waals surface area contributed by atoms with Gasteiger partial charge in [0.15, 0.2) is 0 Å². The van der Waals surface area contributed by atoms with Crippen molar-refractivity contribution in [3.05, 3.63) is 58.1 Å². The molecule has 4 nitrogen and oxygen atoms in total. The molecular weight excluding hydrogens is 273 g/mol. The number of nitrogen functional groups attached to an aromatic ring is 1. The third-order valence-electron chi connectivity index (χ3n) is 2.77. The lowest BCUT2D eigenvalue weighted by atomic mass is 10.0. The van der Waals surface area contributed by atoms with Gasteiger partial charge < -0.3 is 5.73 Å². The van der Waals surface area contributed by atoms with Gasteiger partial charge in [-0.2, -0.15) is 13.2 Å². The van der Waals surface area contributed by atoms with Gasteiger partial charge in [-0.15, -0.1) is 0 Å². The second-order valence-electron chi connectivity index (χ2n) is 4.11. The second kappa shape index (κ2) is 4.84. The number of halogens is 3. The molecule has 0 atom stereocenters. The van der Waals surface area contributed by atoms with Gasteiger partial charge in [0, 0.05) is 6.07 Å². The number of nitrogens with two attached hydrogens (primary N) is 1. The Bertz CT molecular complexity index is 652. The highest BCUT2D eigenvalue weighted by atomic mass is 19.4. The number of rotatable bonds is 2. The van der Waals surface area contributed by atoms with Crippen molar-refractivity contribution in [1.82, 2.24) is 0 Å². The van der Waals surface area contributed by atoms with Gasteiger partial charge in [0.05, 0.1) is 10.5 Å². The maximum atomic E-state index is 12.4. The molecule has 2 N–H and O–H groups in total. The van der Waals surface area contributed by atoms with Crippen molar-refractivity contribution in [2.45, 2.75) is 6.18 Å². The first-order chi connectivity index (χ1) is 9.29. The minimum Gasteiger partial charge on any atom is -0.393 e. The minimum absolute atomic E-state index is 0.00524. The van der Waals surface area contributed by atoms with Crippen molar-refractivity contribution in [3.63, 3.8) is 0 Å². The minimum atomic E-state index is -4.41. The predicted molar refractivity (Wildman–Crippen MR) is 67.9 cm³/mol. The number of benzene rings is 2. The second-order valence-corrected chi connectivity index (χ2v) is 4.11. The molecule has 20 heavy (non-hydrogen) atoms. The van der Waals surface area contributed by atoms with Crippen LogP contribution in [0.5, 0.6) is 0 Å². The van der Waals surface area contributed by atoms with Gasteiger partial charge in [-0.25, -0.2) is 0 Å². The van der Waals surface area contributed by atoms with E-state index in [1.807, 2.05) is 0 Å². The van der Waals surface area contributed by atoms with Crippen molar-refractivity contribution in [1.29, 1.82) is 0 Å². The summed E-state index contributed by atoms with van der Waals surface area (Å²) < 4.78 is 37.3. The van der Waals surface area contributed by atoms with E-state index in [-0.39, 0.29) is 11.4 Å². The van der Waals surface area contributed by atoms with Crippen LogP contribution in [0, 0.1) is 10.1 Å². The molecule has 0 bridgehead atoms. The third kappa shape index (κ3) is 2.71. The zero-order valence-corrected chi connectivity index (χ0v) is 10.0. The average molecular weight is 282 g/mol. The van der Waals surface area contributed by atoms with E-state index in [1.54, 1.807) is 0 Å². The molecule has 0 spiro atoms. The summed E-state index contributed by atoms with van der Waals surface area (Å²) in [4.78, 5) is 10.1. The van der Waals surface area contributed by atoms with Gasteiger partial charge in [-0.05, 0) is 29.3 Å². The first-order valence-corrected chi connectivity index (χ1v) is 5.50. The Morgan fingerprint density at radius 3 is 2.05 bits per heavy atom. The average Bonchev–Trinajstić information content (AvgIpc) is 2.38. The molecule has 0 aliphatic heterocycles. The van der Waals surface area contributed by atoms with Crippen LogP contribution in [0.15, 0.2) is 42.5 Å². The summed E-state index contributed by atoms with van der Waals surface area (Å²) in [6.45, 7) is 0. The van der Waals surface area contributed by atoms with Gasteiger partial charge in [-0.1, -0.05) is 18.2 Å². The Hall–Kier alpha value is -2.57. The molecule has 7 heteroatoms. The molecule has 0 saturated heterocycles. The highest BCUT2D eigenvalue weighted by molar-refractivity contribution is 5.72. The Kier molecular flexibility index (Phi) is 3.35. The number of anilines is 1. The summed E-state index contributed by atoms with van der Waals surface area (Å²) in [6, 6.07) is 8.49. The molecule has 0 saturated carbocycles.